The van der Waals surface area contributed by atoms with Crippen LogP contribution in [0.5, 0.6) is 0 Å². The maximum Gasteiger partial charge on any atom is 0.287 e. The molecule has 0 atom stereocenters. The van der Waals surface area contributed by atoms with Crippen LogP contribution in [0.2, 0.25) is 0 Å². The van der Waals surface area contributed by atoms with Crippen molar-refractivity contribution in [2.24, 2.45) is 5.92 Å². The number of carbonyl (C=O) groups excluding carboxylic acids is 1. The van der Waals surface area contributed by atoms with E-state index in [9.17, 15) is 13.2 Å². The first kappa shape index (κ1) is 18.0. The quantitative estimate of drug-likeness (QED) is 0.880. The van der Waals surface area contributed by atoms with Gasteiger partial charge >= 0.3 is 0 Å². The van der Waals surface area contributed by atoms with E-state index in [4.69, 9.17) is 4.42 Å². The summed E-state index contributed by atoms with van der Waals surface area (Å²) < 4.78 is 32.1. The molecule has 0 spiro atoms. The average molecular weight is 342 g/mol. The molecule has 0 bridgehead atoms. The zero-order valence-corrected chi connectivity index (χ0v) is 15.0. The zero-order chi connectivity index (χ0) is 17.3. The van der Waals surface area contributed by atoms with E-state index < -0.39 is 15.6 Å². The number of furan rings is 1. The summed E-state index contributed by atoms with van der Waals surface area (Å²) in [5.41, 5.74) is -0.618. The summed E-state index contributed by atoms with van der Waals surface area (Å²) >= 11 is 0. The molecule has 1 saturated carbocycles. The molecule has 0 unspecified atom stereocenters. The van der Waals surface area contributed by atoms with Gasteiger partial charge in [0.2, 0.25) is 5.09 Å². The Morgan fingerprint density at radius 1 is 1.17 bits per heavy atom. The summed E-state index contributed by atoms with van der Waals surface area (Å²) in [6.45, 7) is 7.44. The molecule has 0 aromatic carbocycles. The van der Waals surface area contributed by atoms with Crippen LogP contribution >= 0.6 is 0 Å². The number of rotatable bonds is 4. The van der Waals surface area contributed by atoms with Gasteiger partial charge in [0.05, 0.1) is 0 Å². The largest absolute Gasteiger partial charge is 0.438 e. The summed E-state index contributed by atoms with van der Waals surface area (Å²) in [7, 11) is -3.77. The van der Waals surface area contributed by atoms with Crippen molar-refractivity contribution in [3.8, 4) is 0 Å². The fourth-order valence-electron chi connectivity index (χ4n) is 2.70. The topological polar surface area (TPSA) is 88.4 Å². The molecule has 1 fully saturated rings. The second kappa shape index (κ2) is 6.65. The molecule has 0 radical (unpaired) electrons. The minimum Gasteiger partial charge on any atom is -0.438 e. The van der Waals surface area contributed by atoms with Crippen molar-refractivity contribution < 1.29 is 17.6 Å². The molecule has 1 amide bonds. The van der Waals surface area contributed by atoms with E-state index in [0.29, 0.717) is 5.92 Å². The minimum atomic E-state index is -3.77. The molecule has 130 valence electrons. The van der Waals surface area contributed by atoms with Crippen molar-refractivity contribution in [2.75, 3.05) is 0 Å². The Hall–Kier alpha value is -1.34. The molecular weight excluding hydrogens is 316 g/mol. The molecule has 23 heavy (non-hydrogen) atoms. The number of sulfonamides is 1. The van der Waals surface area contributed by atoms with Crippen LogP contribution < -0.4 is 10.0 Å². The van der Waals surface area contributed by atoms with Crippen LogP contribution in [0.3, 0.4) is 0 Å². The van der Waals surface area contributed by atoms with Gasteiger partial charge in [0.1, 0.15) is 0 Å². The lowest BCUT2D eigenvalue weighted by molar-refractivity contribution is 0.0889. The zero-order valence-electron chi connectivity index (χ0n) is 14.2. The van der Waals surface area contributed by atoms with Gasteiger partial charge in [-0.1, -0.05) is 6.92 Å². The van der Waals surface area contributed by atoms with E-state index in [1.807, 2.05) is 0 Å². The highest BCUT2D eigenvalue weighted by Gasteiger charge is 2.27. The lowest BCUT2D eigenvalue weighted by Gasteiger charge is -2.26. The van der Waals surface area contributed by atoms with Crippen LogP contribution in [0.25, 0.3) is 0 Å². The van der Waals surface area contributed by atoms with Crippen molar-refractivity contribution in [1.82, 2.24) is 10.0 Å². The Labute approximate surface area is 138 Å². The average Bonchev–Trinajstić information content (AvgIpc) is 2.89. The number of hydrogen-bond donors (Lipinski definition) is 2. The van der Waals surface area contributed by atoms with E-state index in [-0.39, 0.29) is 22.8 Å². The molecule has 1 aliphatic carbocycles. The predicted octanol–water partition coefficient (Wildman–Crippen LogP) is 2.66. The summed E-state index contributed by atoms with van der Waals surface area (Å²) in [5, 5.41) is 2.68. The monoisotopic (exact) mass is 342 g/mol. The van der Waals surface area contributed by atoms with Crippen molar-refractivity contribution >= 4 is 15.9 Å². The van der Waals surface area contributed by atoms with Crippen LogP contribution in [0.1, 0.15) is 63.9 Å². The second-order valence-corrected chi connectivity index (χ2v) is 9.02. The van der Waals surface area contributed by atoms with E-state index in [1.54, 1.807) is 20.8 Å². The summed E-state index contributed by atoms with van der Waals surface area (Å²) in [4.78, 5) is 12.2. The predicted molar refractivity (Wildman–Crippen MR) is 87.7 cm³/mol. The molecule has 2 N–H and O–H groups in total. The molecule has 1 aromatic heterocycles. The Kier molecular flexibility index (Phi) is 5.20. The number of amides is 1. The van der Waals surface area contributed by atoms with Crippen molar-refractivity contribution in [3.63, 3.8) is 0 Å². The van der Waals surface area contributed by atoms with Crippen LogP contribution in [0.4, 0.5) is 0 Å². The number of nitrogens with one attached hydrogen (secondary N) is 2. The van der Waals surface area contributed by atoms with Gasteiger partial charge in [-0.2, -0.15) is 0 Å². The lowest BCUT2D eigenvalue weighted by Crippen LogP contribution is -2.40. The first-order valence-corrected chi connectivity index (χ1v) is 9.50. The summed E-state index contributed by atoms with van der Waals surface area (Å²) in [6.07, 6.45) is 4.09. The highest BCUT2D eigenvalue weighted by molar-refractivity contribution is 7.89. The summed E-state index contributed by atoms with van der Waals surface area (Å²) in [5.74, 6) is 0.367. The molecule has 6 nitrogen and oxygen atoms in total. The van der Waals surface area contributed by atoms with Gasteiger partial charge < -0.3 is 9.73 Å². The van der Waals surface area contributed by atoms with Gasteiger partial charge in [-0.25, -0.2) is 13.1 Å². The Bertz CT molecular complexity index is 650. The van der Waals surface area contributed by atoms with Crippen LogP contribution in [0, 0.1) is 5.92 Å². The van der Waals surface area contributed by atoms with Crippen molar-refractivity contribution in [2.45, 2.75) is 70.1 Å². The maximum atomic E-state index is 12.2. The highest BCUT2D eigenvalue weighted by Crippen LogP contribution is 2.24. The van der Waals surface area contributed by atoms with E-state index in [2.05, 4.69) is 17.0 Å². The van der Waals surface area contributed by atoms with Crippen molar-refractivity contribution in [3.05, 3.63) is 17.9 Å². The smallest absolute Gasteiger partial charge is 0.287 e. The van der Waals surface area contributed by atoms with Crippen LogP contribution in [0.15, 0.2) is 21.6 Å². The van der Waals surface area contributed by atoms with Gasteiger partial charge in [0.15, 0.2) is 5.76 Å². The molecule has 7 heteroatoms. The SMILES string of the molecule is CC1CCC(NC(=O)c2ccc(S(=O)(=O)NC(C)(C)C)o2)CC1. The highest BCUT2D eigenvalue weighted by atomic mass is 32.2. The second-order valence-electron chi connectivity index (χ2n) is 7.40. The molecule has 1 aromatic rings. The summed E-state index contributed by atoms with van der Waals surface area (Å²) in [6, 6.07) is 2.85. The van der Waals surface area contributed by atoms with E-state index in [0.717, 1.165) is 25.7 Å². The Morgan fingerprint density at radius 3 is 2.35 bits per heavy atom. The number of carbonyl (C=O) groups is 1. The normalized spacial score (nSPS) is 22.8. The Morgan fingerprint density at radius 2 is 1.78 bits per heavy atom. The van der Waals surface area contributed by atoms with Crippen LogP contribution in [-0.2, 0) is 10.0 Å². The van der Waals surface area contributed by atoms with Gasteiger partial charge in [0.25, 0.3) is 15.9 Å². The molecular formula is C16H26N2O4S. The van der Waals surface area contributed by atoms with Gasteiger partial charge in [-0.15, -0.1) is 0 Å². The molecule has 0 saturated heterocycles. The molecule has 1 heterocycles. The minimum absolute atomic E-state index is 0.0258. The standard InChI is InChI=1S/C16H26N2O4S/c1-11-5-7-12(8-6-11)17-15(19)13-9-10-14(22-13)23(20,21)18-16(2,3)4/h9-12,18H,5-8H2,1-4H3,(H,17,19). The molecule has 0 aliphatic heterocycles. The first-order chi connectivity index (χ1) is 10.6. The fourth-order valence-corrected chi connectivity index (χ4v) is 4.05. The van der Waals surface area contributed by atoms with E-state index >= 15 is 0 Å². The third-order valence-corrected chi connectivity index (χ3v) is 5.49. The van der Waals surface area contributed by atoms with Gasteiger partial charge in [0, 0.05) is 11.6 Å². The van der Waals surface area contributed by atoms with Gasteiger partial charge in [-0.3, -0.25) is 4.79 Å². The third-order valence-electron chi connectivity index (χ3n) is 3.86. The van der Waals surface area contributed by atoms with Gasteiger partial charge in [-0.05, 0) is 64.5 Å². The number of hydrogen-bond acceptors (Lipinski definition) is 4. The maximum absolute atomic E-state index is 12.2. The molecule has 1 aliphatic rings. The van der Waals surface area contributed by atoms with Crippen molar-refractivity contribution in [1.29, 1.82) is 0 Å². The fraction of sp³-hybridized carbons (Fsp3) is 0.688. The third kappa shape index (κ3) is 5.07. The molecule has 2 rings (SSSR count). The van der Waals surface area contributed by atoms with E-state index in [1.165, 1.54) is 12.1 Å². The Balaban J connectivity index is 2.02. The first-order valence-electron chi connectivity index (χ1n) is 8.01. The lowest BCUT2D eigenvalue weighted by atomic mass is 9.87. The van der Waals surface area contributed by atoms with Crippen LogP contribution in [-0.4, -0.2) is 25.9 Å².